The van der Waals surface area contributed by atoms with E-state index >= 15 is 0 Å². The van der Waals surface area contributed by atoms with Gasteiger partial charge in [0.1, 0.15) is 12.1 Å². The number of halogens is 1. The molecule has 0 aliphatic carbocycles. The molecule has 0 unspecified atom stereocenters. The van der Waals surface area contributed by atoms with Gasteiger partial charge in [0.15, 0.2) is 5.65 Å². The van der Waals surface area contributed by atoms with Crippen LogP contribution >= 0.6 is 11.6 Å². The molecule has 0 radical (unpaired) electrons. The van der Waals surface area contributed by atoms with Gasteiger partial charge in [-0.2, -0.15) is 5.10 Å². The Kier molecular flexibility index (Phi) is 5.01. The van der Waals surface area contributed by atoms with Crippen molar-refractivity contribution in [2.75, 3.05) is 36.0 Å². The number of aromatic nitrogens is 4. The first-order valence-electron chi connectivity index (χ1n) is 10.1. The molecule has 30 heavy (non-hydrogen) atoms. The van der Waals surface area contributed by atoms with E-state index in [4.69, 9.17) is 11.6 Å². The average molecular weight is 419 g/mol. The molecule has 2 aromatic carbocycles. The molecule has 1 aliphatic rings. The number of hydrogen-bond donors (Lipinski definition) is 0. The summed E-state index contributed by atoms with van der Waals surface area (Å²) in [6.07, 6.45) is 3.52. The first-order valence-corrected chi connectivity index (χ1v) is 10.5. The predicted octanol–water partition coefficient (Wildman–Crippen LogP) is 4.16. The maximum atomic E-state index is 6.13. The Hall–Kier alpha value is -3.12. The smallest absolute Gasteiger partial charge is 0.163 e. The Bertz CT molecular complexity index is 1180. The fraction of sp³-hybridized carbons (Fsp3) is 0.261. The van der Waals surface area contributed by atoms with Crippen molar-refractivity contribution in [3.63, 3.8) is 0 Å². The summed E-state index contributed by atoms with van der Waals surface area (Å²) in [6, 6.07) is 16.5. The molecule has 1 saturated heterocycles. The van der Waals surface area contributed by atoms with E-state index in [0.29, 0.717) is 6.54 Å². The minimum absolute atomic E-state index is 0.627. The molecule has 0 N–H and O–H groups in total. The topological polar surface area (TPSA) is 50.1 Å². The van der Waals surface area contributed by atoms with E-state index in [0.717, 1.165) is 53.6 Å². The first kappa shape index (κ1) is 18.9. The SMILES string of the molecule is Cc1cccc(N2CCN(c3ncnc4c3cnn4Cc3cccc(Cl)c3)CC2)c1. The number of piperazine rings is 1. The zero-order chi connectivity index (χ0) is 20.5. The fourth-order valence-electron chi connectivity index (χ4n) is 4.06. The van der Waals surface area contributed by atoms with Crippen LogP contribution in [0, 0.1) is 6.92 Å². The Balaban J connectivity index is 1.36. The van der Waals surface area contributed by atoms with Gasteiger partial charge in [-0.25, -0.2) is 14.6 Å². The molecular weight excluding hydrogens is 396 g/mol. The summed E-state index contributed by atoms with van der Waals surface area (Å²) in [5, 5.41) is 6.30. The van der Waals surface area contributed by atoms with Gasteiger partial charge in [-0.15, -0.1) is 0 Å². The van der Waals surface area contributed by atoms with Crippen molar-refractivity contribution in [2.45, 2.75) is 13.5 Å². The number of anilines is 2. The largest absolute Gasteiger partial charge is 0.368 e. The average Bonchev–Trinajstić information content (AvgIpc) is 3.17. The highest BCUT2D eigenvalue weighted by molar-refractivity contribution is 6.30. The van der Waals surface area contributed by atoms with Gasteiger partial charge in [0, 0.05) is 36.9 Å². The van der Waals surface area contributed by atoms with E-state index in [2.05, 4.69) is 56.1 Å². The summed E-state index contributed by atoms with van der Waals surface area (Å²) in [4.78, 5) is 13.9. The van der Waals surface area contributed by atoms with Crippen molar-refractivity contribution >= 4 is 34.1 Å². The van der Waals surface area contributed by atoms with Crippen LogP contribution in [0.5, 0.6) is 0 Å². The molecule has 5 rings (SSSR count). The van der Waals surface area contributed by atoms with Crippen LogP contribution < -0.4 is 9.80 Å². The van der Waals surface area contributed by atoms with Crippen molar-refractivity contribution in [3.8, 4) is 0 Å². The minimum atomic E-state index is 0.627. The molecule has 1 fully saturated rings. The molecule has 6 nitrogen and oxygen atoms in total. The lowest BCUT2D eigenvalue weighted by Crippen LogP contribution is -2.46. The number of fused-ring (bicyclic) bond motifs is 1. The summed E-state index contributed by atoms with van der Waals surface area (Å²) >= 11 is 6.13. The highest BCUT2D eigenvalue weighted by Crippen LogP contribution is 2.26. The van der Waals surface area contributed by atoms with Crippen molar-refractivity contribution in [1.82, 2.24) is 19.7 Å². The lowest BCUT2D eigenvalue weighted by molar-refractivity contribution is 0.648. The molecule has 4 aromatic rings. The van der Waals surface area contributed by atoms with E-state index in [1.165, 1.54) is 11.3 Å². The van der Waals surface area contributed by atoms with Gasteiger partial charge in [-0.3, -0.25) is 0 Å². The summed E-state index contributed by atoms with van der Waals surface area (Å²) in [5.41, 5.74) is 4.52. The number of rotatable bonds is 4. The maximum absolute atomic E-state index is 6.13. The second-order valence-electron chi connectivity index (χ2n) is 7.68. The minimum Gasteiger partial charge on any atom is -0.368 e. The first-order chi connectivity index (χ1) is 14.7. The monoisotopic (exact) mass is 418 g/mol. The van der Waals surface area contributed by atoms with Gasteiger partial charge in [0.2, 0.25) is 0 Å². The van der Waals surface area contributed by atoms with Crippen LogP contribution in [0.1, 0.15) is 11.1 Å². The van der Waals surface area contributed by atoms with E-state index in [-0.39, 0.29) is 0 Å². The number of nitrogens with zero attached hydrogens (tertiary/aromatic N) is 6. The lowest BCUT2D eigenvalue weighted by Gasteiger charge is -2.37. The number of aryl methyl sites for hydroxylation is 1. The van der Waals surface area contributed by atoms with Crippen molar-refractivity contribution in [2.24, 2.45) is 0 Å². The summed E-state index contributed by atoms with van der Waals surface area (Å²) in [5.74, 6) is 0.959. The molecule has 0 bridgehead atoms. The molecule has 0 amide bonds. The molecule has 1 aliphatic heterocycles. The number of hydrogen-bond acceptors (Lipinski definition) is 5. The van der Waals surface area contributed by atoms with E-state index < -0.39 is 0 Å². The maximum Gasteiger partial charge on any atom is 0.163 e. The van der Waals surface area contributed by atoms with Gasteiger partial charge < -0.3 is 9.80 Å². The van der Waals surface area contributed by atoms with Crippen molar-refractivity contribution in [1.29, 1.82) is 0 Å². The molecule has 3 heterocycles. The van der Waals surface area contributed by atoms with E-state index in [9.17, 15) is 0 Å². The van der Waals surface area contributed by atoms with E-state index in [1.807, 2.05) is 35.1 Å². The molecule has 0 saturated carbocycles. The van der Waals surface area contributed by atoms with Crippen LogP contribution in [0.25, 0.3) is 11.0 Å². The molecule has 2 aromatic heterocycles. The molecule has 0 spiro atoms. The van der Waals surface area contributed by atoms with E-state index in [1.54, 1.807) is 6.33 Å². The van der Waals surface area contributed by atoms with Crippen LogP contribution in [0.2, 0.25) is 5.02 Å². The van der Waals surface area contributed by atoms with Crippen molar-refractivity contribution < 1.29 is 0 Å². The highest BCUT2D eigenvalue weighted by Gasteiger charge is 2.21. The number of benzene rings is 2. The van der Waals surface area contributed by atoms with Gasteiger partial charge in [0.25, 0.3) is 0 Å². The van der Waals surface area contributed by atoms with Gasteiger partial charge in [-0.05, 0) is 42.3 Å². The standard InChI is InChI=1S/C23H23ClN6/c1-17-4-2-7-20(12-17)28-8-10-29(11-9-28)22-21-14-27-30(23(21)26-16-25-22)15-18-5-3-6-19(24)13-18/h2-7,12-14,16H,8-11,15H2,1H3. The molecule has 7 heteroatoms. The summed E-state index contributed by atoms with van der Waals surface area (Å²) in [6.45, 7) is 6.52. The zero-order valence-electron chi connectivity index (χ0n) is 16.9. The van der Waals surface area contributed by atoms with Crippen LogP contribution in [-0.4, -0.2) is 45.9 Å². The van der Waals surface area contributed by atoms with Gasteiger partial charge in [0.05, 0.1) is 18.1 Å². The normalized spacial score (nSPS) is 14.5. The summed E-state index contributed by atoms with van der Waals surface area (Å²) in [7, 11) is 0. The highest BCUT2D eigenvalue weighted by atomic mass is 35.5. The molecule has 0 atom stereocenters. The second kappa shape index (κ2) is 7.95. The lowest BCUT2D eigenvalue weighted by atomic mass is 10.2. The molecular formula is C23H23ClN6. The van der Waals surface area contributed by atoms with Crippen LogP contribution in [-0.2, 0) is 6.54 Å². The zero-order valence-corrected chi connectivity index (χ0v) is 17.6. The third kappa shape index (κ3) is 3.71. The van der Waals surface area contributed by atoms with Gasteiger partial charge >= 0.3 is 0 Å². The third-order valence-corrected chi connectivity index (χ3v) is 5.82. The van der Waals surface area contributed by atoms with Crippen LogP contribution in [0.3, 0.4) is 0 Å². The third-order valence-electron chi connectivity index (χ3n) is 5.58. The molecule has 152 valence electrons. The van der Waals surface area contributed by atoms with Crippen LogP contribution in [0.15, 0.2) is 61.1 Å². The Labute approximate surface area is 180 Å². The summed E-state index contributed by atoms with van der Waals surface area (Å²) < 4.78 is 1.91. The Morgan fingerprint density at radius 3 is 2.53 bits per heavy atom. The Morgan fingerprint density at radius 2 is 1.73 bits per heavy atom. The fourth-order valence-corrected chi connectivity index (χ4v) is 4.27. The second-order valence-corrected chi connectivity index (χ2v) is 8.12. The quantitative estimate of drug-likeness (QED) is 0.498. The van der Waals surface area contributed by atoms with Gasteiger partial charge in [-0.1, -0.05) is 35.9 Å². The van der Waals surface area contributed by atoms with Crippen LogP contribution in [0.4, 0.5) is 11.5 Å². The van der Waals surface area contributed by atoms with Crippen molar-refractivity contribution in [3.05, 3.63) is 77.2 Å². The Morgan fingerprint density at radius 1 is 0.933 bits per heavy atom. The predicted molar refractivity (Wildman–Crippen MR) is 121 cm³/mol.